The first-order valence-corrected chi connectivity index (χ1v) is 6.43. The topological polar surface area (TPSA) is 92.1 Å². The van der Waals surface area contributed by atoms with Gasteiger partial charge in [0, 0.05) is 19.7 Å². The normalized spacial score (nSPS) is 14.4. The minimum absolute atomic E-state index is 0.0563. The Kier molecular flexibility index (Phi) is 2.89. The van der Waals surface area contributed by atoms with Crippen LogP contribution in [0.2, 0.25) is 0 Å². The second kappa shape index (κ2) is 4.59. The highest BCUT2D eigenvalue weighted by Gasteiger charge is 2.26. The number of anilines is 1. The lowest BCUT2D eigenvalue weighted by Crippen LogP contribution is -2.21. The Labute approximate surface area is 114 Å². The van der Waals surface area contributed by atoms with E-state index in [1.807, 2.05) is 11.9 Å². The third-order valence-electron chi connectivity index (χ3n) is 3.57. The van der Waals surface area contributed by atoms with E-state index in [4.69, 9.17) is 0 Å². The average molecular weight is 274 g/mol. The molecule has 0 radical (unpaired) electrons. The number of fused-ring (bicyclic) bond motifs is 1. The summed E-state index contributed by atoms with van der Waals surface area (Å²) in [4.78, 5) is 30.8. The first-order valence-electron chi connectivity index (χ1n) is 6.43. The molecule has 7 nitrogen and oxygen atoms in total. The lowest BCUT2D eigenvalue weighted by molar-refractivity contribution is -0.384. The fourth-order valence-electron chi connectivity index (χ4n) is 2.33. The van der Waals surface area contributed by atoms with Crippen molar-refractivity contribution in [2.24, 2.45) is 5.92 Å². The van der Waals surface area contributed by atoms with Gasteiger partial charge in [0.15, 0.2) is 0 Å². The van der Waals surface area contributed by atoms with Crippen LogP contribution in [-0.2, 0) is 0 Å². The molecule has 0 atom stereocenters. The molecule has 20 heavy (non-hydrogen) atoms. The predicted molar refractivity (Wildman–Crippen MR) is 75.0 cm³/mol. The average Bonchev–Trinajstić information content (AvgIpc) is 3.21. The van der Waals surface area contributed by atoms with E-state index in [2.05, 4.69) is 9.97 Å². The molecule has 2 aromatic rings. The predicted octanol–water partition coefficient (Wildman–Crippen LogP) is 1.68. The first-order chi connectivity index (χ1) is 9.56. The molecule has 1 aromatic heterocycles. The van der Waals surface area contributed by atoms with E-state index in [-0.39, 0.29) is 16.6 Å². The van der Waals surface area contributed by atoms with Gasteiger partial charge in [-0.1, -0.05) is 0 Å². The molecule has 104 valence electrons. The van der Waals surface area contributed by atoms with Crippen LogP contribution < -0.4 is 10.5 Å². The van der Waals surface area contributed by atoms with Crippen molar-refractivity contribution >= 4 is 22.3 Å². The van der Waals surface area contributed by atoms with Crippen LogP contribution in [0.3, 0.4) is 0 Å². The quantitative estimate of drug-likeness (QED) is 0.676. The largest absolute Gasteiger partial charge is 0.369 e. The summed E-state index contributed by atoms with van der Waals surface area (Å²) in [6, 6.07) is 2.92. The maximum Gasteiger partial charge on any atom is 0.293 e. The fourth-order valence-corrected chi connectivity index (χ4v) is 2.33. The maximum absolute atomic E-state index is 11.7. The number of hydrogen-bond acceptors (Lipinski definition) is 5. The number of nitro groups is 1. The summed E-state index contributed by atoms with van der Waals surface area (Å²) in [6.45, 7) is 0.787. The van der Waals surface area contributed by atoms with Gasteiger partial charge in [0.25, 0.3) is 11.2 Å². The Morgan fingerprint density at radius 3 is 2.90 bits per heavy atom. The summed E-state index contributed by atoms with van der Waals surface area (Å²) in [6.07, 6.45) is 3.65. The highest BCUT2D eigenvalue weighted by atomic mass is 16.6. The number of benzene rings is 1. The van der Waals surface area contributed by atoms with Crippen LogP contribution in [0.25, 0.3) is 10.9 Å². The molecule has 0 unspecified atom stereocenters. The van der Waals surface area contributed by atoms with Gasteiger partial charge in [0.05, 0.1) is 22.2 Å². The maximum atomic E-state index is 11.7. The van der Waals surface area contributed by atoms with Gasteiger partial charge < -0.3 is 9.88 Å². The van der Waals surface area contributed by atoms with Gasteiger partial charge in [0.2, 0.25) is 0 Å². The van der Waals surface area contributed by atoms with Crippen LogP contribution in [0, 0.1) is 16.0 Å². The molecule has 3 rings (SSSR count). The molecule has 1 aliphatic rings. The molecule has 0 spiro atoms. The van der Waals surface area contributed by atoms with Crippen molar-refractivity contribution in [1.29, 1.82) is 0 Å². The van der Waals surface area contributed by atoms with E-state index in [0.29, 0.717) is 17.1 Å². The summed E-state index contributed by atoms with van der Waals surface area (Å²) in [5, 5.41) is 11.5. The molecule has 1 N–H and O–H groups in total. The van der Waals surface area contributed by atoms with E-state index in [1.165, 1.54) is 25.2 Å². The molecule has 0 aliphatic heterocycles. The molecule has 0 bridgehead atoms. The molecular formula is C13H14N4O3. The summed E-state index contributed by atoms with van der Waals surface area (Å²) < 4.78 is 0. The SMILES string of the molecule is CN(CC1CC1)c1cc2nc[nH]c(=O)c2cc1[N+](=O)[O-]. The van der Waals surface area contributed by atoms with Gasteiger partial charge in [-0.25, -0.2) is 4.98 Å². The lowest BCUT2D eigenvalue weighted by Gasteiger charge is -2.19. The van der Waals surface area contributed by atoms with Crippen molar-refractivity contribution in [3.63, 3.8) is 0 Å². The zero-order valence-electron chi connectivity index (χ0n) is 11.0. The van der Waals surface area contributed by atoms with Gasteiger partial charge in [-0.2, -0.15) is 0 Å². The molecule has 1 saturated carbocycles. The highest BCUT2D eigenvalue weighted by molar-refractivity contribution is 5.86. The van der Waals surface area contributed by atoms with E-state index < -0.39 is 4.92 Å². The van der Waals surface area contributed by atoms with Crippen LogP contribution >= 0.6 is 0 Å². The Morgan fingerprint density at radius 1 is 1.50 bits per heavy atom. The monoisotopic (exact) mass is 274 g/mol. The number of nitro benzene ring substituents is 1. The van der Waals surface area contributed by atoms with Gasteiger partial charge >= 0.3 is 0 Å². The van der Waals surface area contributed by atoms with E-state index in [1.54, 1.807) is 6.07 Å². The summed E-state index contributed by atoms with van der Waals surface area (Å²) in [7, 11) is 1.83. The van der Waals surface area contributed by atoms with Gasteiger partial charge in [-0.05, 0) is 24.8 Å². The second-order valence-corrected chi connectivity index (χ2v) is 5.17. The zero-order valence-corrected chi connectivity index (χ0v) is 11.0. The summed E-state index contributed by atoms with van der Waals surface area (Å²) in [5.41, 5.74) is 0.554. The molecule has 1 fully saturated rings. The number of aromatic amines is 1. The smallest absolute Gasteiger partial charge is 0.293 e. The summed E-state index contributed by atoms with van der Waals surface area (Å²) >= 11 is 0. The third kappa shape index (κ3) is 2.22. The molecule has 1 aliphatic carbocycles. The van der Waals surface area contributed by atoms with Crippen molar-refractivity contribution in [2.75, 3.05) is 18.5 Å². The standard InChI is InChI=1S/C13H14N4O3/c1-16(6-8-2-3-8)11-5-10-9(4-12(11)17(19)20)13(18)15-7-14-10/h4-5,7-8H,2-3,6H2,1H3,(H,14,15,18). The zero-order chi connectivity index (χ0) is 14.3. The Morgan fingerprint density at radius 2 is 2.25 bits per heavy atom. The van der Waals surface area contributed by atoms with Crippen LogP contribution in [0.15, 0.2) is 23.3 Å². The van der Waals surface area contributed by atoms with E-state index in [0.717, 1.165) is 6.54 Å². The minimum atomic E-state index is -0.454. The highest BCUT2D eigenvalue weighted by Crippen LogP contribution is 2.35. The molecule has 1 heterocycles. The van der Waals surface area contributed by atoms with Crippen LogP contribution in [0.5, 0.6) is 0 Å². The molecule has 7 heteroatoms. The van der Waals surface area contributed by atoms with Crippen molar-refractivity contribution in [2.45, 2.75) is 12.8 Å². The Hall–Kier alpha value is -2.44. The molecule has 1 aromatic carbocycles. The third-order valence-corrected chi connectivity index (χ3v) is 3.57. The number of rotatable bonds is 4. The van der Waals surface area contributed by atoms with Crippen molar-refractivity contribution < 1.29 is 4.92 Å². The van der Waals surface area contributed by atoms with Gasteiger partial charge in [0.1, 0.15) is 5.69 Å². The van der Waals surface area contributed by atoms with E-state index >= 15 is 0 Å². The number of aromatic nitrogens is 2. The molecular weight excluding hydrogens is 260 g/mol. The van der Waals surface area contributed by atoms with Gasteiger partial charge in [-0.15, -0.1) is 0 Å². The molecule has 0 amide bonds. The number of H-pyrrole nitrogens is 1. The number of hydrogen-bond donors (Lipinski definition) is 1. The fraction of sp³-hybridized carbons (Fsp3) is 0.385. The van der Waals surface area contributed by atoms with Gasteiger partial charge in [-0.3, -0.25) is 14.9 Å². The Bertz CT molecular complexity index is 736. The second-order valence-electron chi connectivity index (χ2n) is 5.17. The summed E-state index contributed by atoms with van der Waals surface area (Å²) in [5.74, 6) is 0.613. The number of nitrogens with one attached hydrogen (secondary N) is 1. The van der Waals surface area contributed by atoms with Crippen molar-refractivity contribution in [3.8, 4) is 0 Å². The minimum Gasteiger partial charge on any atom is -0.369 e. The van der Waals surface area contributed by atoms with Crippen LogP contribution in [0.4, 0.5) is 11.4 Å². The first kappa shape index (κ1) is 12.6. The van der Waals surface area contributed by atoms with E-state index in [9.17, 15) is 14.9 Å². The lowest BCUT2D eigenvalue weighted by atomic mass is 10.1. The van der Waals surface area contributed by atoms with Crippen molar-refractivity contribution in [1.82, 2.24) is 9.97 Å². The van der Waals surface area contributed by atoms with Crippen LogP contribution in [-0.4, -0.2) is 28.5 Å². The van der Waals surface area contributed by atoms with Crippen molar-refractivity contribution in [3.05, 3.63) is 38.9 Å². The Balaban J connectivity index is 2.15. The molecule has 0 saturated heterocycles. The van der Waals surface area contributed by atoms with Crippen LogP contribution in [0.1, 0.15) is 12.8 Å². The number of nitrogens with zero attached hydrogens (tertiary/aromatic N) is 3.